The van der Waals surface area contributed by atoms with Crippen molar-refractivity contribution in [2.24, 2.45) is 5.92 Å². The summed E-state index contributed by atoms with van der Waals surface area (Å²) in [6.07, 6.45) is 1.95. The number of carboxylic acid groups (broad SMARTS) is 1. The summed E-state index contributed by atoms with van der Waals surface area (Å²) < 4.78 is 0. The lowest BCUT2D eigenvalue weighted by Crippen LogP contribution is -2.67. The van der Waals surface area contributed by atoms with Gasteiger partial charge in [-0.05, 0) is 12.8 Å². The van der Waals surface area contributed by atoms with Gasteiger partial charge in [-0.3, -0.25) is 9.59 Å². The van der Waals surface area contributed by atoms with Crippen molar-refractivity contribution in [3.05, 3.63) is 0 Å². The van der Waals surface area contributed by atoms with Crippen LogP contribution in [0.15, 0.2) is 0 Å². The lowest BCUT2D eigenvalue weighted by atomic mass is 9.70. The topological polar surface area (TPSA) is 57.6 Å². The van der Waals surface area contributed by atoms with E-state index in [9.17, 15) is 9.59 Å². The maximum absolute atomic E-state index is 11.0. The summed E-state index contributed by atoms with van der Waals surface area (Å²) in [5, 5.41) is 8.40. The van der Waals surface area contributed by atoms with Gasteiger partial charge >= 0.3 is 5.97 Å². The Labute approximate surface area is 63.8 Å². The number of carbonyl (C=O) groups is 2. The third-order valence-corrected chi connectivity index (χ3v) is 2.54. The highest BCUT2D eigenvalue weighted by Gasteiger charge is 2.53. The Morgan fingerprint density at radius 2 is 2.36 bits per heavy atom. The lowest BCUT2D eigenvalue weighted by molar-refractivity contribution is -0.172. The second-order valence-electron chi connectivity index (χ2n) is 3.11. The van der Waals surface area contributed by atoms with Crippen molar-refractivity contribution in [2.75, 3.05) is 6.54 Å². The number of nitrogens with zero attached hydrogens (tertiary/aromatic N) is 1. The van der Waals surface area contributed by atoms with Gasteiger partial charge in [0, 0.05) is 6.04 Å². The van der Waals surface area contributed by atoms with E-state index in [0.29, 0.717) is 0 Å². The molecular weight excluding hydrogens is 146 g/mol. The first-order valence-corrected chi connectivity index (χ1v) is 3.72. The molecule has 1 saturated carbocycles. The highest BCUT2D eigenvalue weighted by Crippen LogP contribution is 2.42. The van der Waals surface area contributed by atoms with Gasteiger partial charge in [0.05, 0.1) is 5.92 Å². The first-order chi connectivity index (χ1) is 5.20. The summed E-state index contributed by atoms with van der Waals surface area (Å²) in [7, 11) is 0. The summed E-state index contributed by atoms with van der Waals surface area (Å²) in [6.45, 7) is -0.111. The smallest absolute Gasteiger partial charge is 0.323 e. The Bertz CT molecular complexity index is 226. The average Bonchev–Trinajstić information content (AvgIpc) is 1.83. The molecule has 1 aliphatic heterocycles. The number of rotatable bonds is 2. The number of amides is 1. The van der Waals surface area contributed by atoms with Crippen LogP contribution in [0, 0.1) is 5.92 Å². The van der Waals surface area contributed by atoms with E-state index < -0.39 is 5.97 Å². The van der Waals surface area contributed by atoms with Crippen molar-refractivity contribution < 1.29 is 14.7 Å². The molecule has 2 rings (SSSR count). The van der Waals surface area contributed by atoms with Crippen molar-refractivity contribution >= 4 is 11.9 Å². The molecule has 4 heteroatoms. The summed E-state index contributed by atoms with van der Waals surface area (Å²) in [5.41, 5.74) is 0. The van der Waals surface area contributed by atoms with Gasteiger partial charge in [-0.25, -0.2) is 0 Å². The molecule has 1 aliphatic carbocycles. The van der Waals surface area contributed by atoms with Crippen LogP contribution in [0.25, 0.3) is 0 Å². The monoisotopic (exact) mass is 155 g/mol. The van der Waals surface area contributed by atoms with Crippen molar-refractivity contribution in [3.8, 4) is 0 Å². The fourth-order valence-corrected chi connectivity index (χ4v) is 1.78. The van der Waals surface area contributed by atoms with E-state index >= 15 is 0 Å². The van der Waals surface area contributed by atoms with Crippen molar-refractivity contribution in [2.45, 2.75) is 18.9 Å². The van der Waals surface area contributed by atoms with E-state index in [4.69, 9.17) is 5.11 Å². The molecule has 2 aliphatic rings. The van der Waals surface area contributed by atoms with Crippen molar-refractivity contribution in [1.82, 2.24) is 4.90 Å². The fourth-order valence-electron chi connectivity index (χ4n) is 1.78. The standard InChI is InChI=1S/C7H9NO3/c9-6(10)3-8-5-2-1-4(5)7(8)11/h4-5H,1-3H2,(H,9,10). The Morgan fingerprint density at radius 1 is 1.64 bits per heavy atom. The number of likely N-dealkylation sites (tertiary alicyclic amines) is 1. The van der Waals surface area contributed by atoms with E-state index in [1.807, 2.05) is 0 Å². The molecule has 60 valence electrons. The SMILES string of the molecule is O=C(O)CN1C(=O)C2CCC21. The van der Waals surface area contributed by atoms with Crippen LogP contribution in [-0.4, -0.2) is 34.5 Å². The Morgan fingerprint density at radius 3 is 2.73 bits per heavy atom. The molecule has 0 aromatic heterocycles. The van der Waals surface area contributed by atoms with Crippen LogP contribution in [0.5, 0.6) is 0 Å². The first-order valence-electron chi connectivity index (χ1n) is 3.72. The van der Waals surface area contributed by atoms with Crippen LogP contribution in [0.3, 0.4) is 0 Å². The molecule has 0 bridgehead atoms. The molecule has 2 unspecified atom stereocenters. The van der Waals surface area contributed by atoms with Gasteiger partial charge in [0.25, 0.3) is 0 Å². The van der Waals surface area contributed by atoms with Gasteiger partial charge in [-0.2, -0.15) is 0 Å². The number of fused-ring (bicyclic) bond motifs is 1. The largest absolute Gasteiger partial charge is 0.480 e. The molecule has 1 N–H and O–H groups in total. The van der Waals surface area contributed by atoms with Gasteiger partial charge in [0.2, 0.25) is 5.91 Å². The molecule has 1 saturated heterocycles. The summed E-state index contributed by atoms with van der Waals surface area (Å²) in [5.74, 6) is -0.707. The Balaban J connectivity index is 1.95. The molecule has 2 atom stereocenters. The molecule has 0 aromatic rings. The maximum atomic E-state index is 11.0. The predicted octanol–water partition coefficient (Wildman–Crippen LogP) is -0.308. The van der Waals surface area contributed by atoms with E-state index in [1.54, 1.807) is 0 Å². The van der Waals surface area contributed by atoms with E-state index in [1.165, 1.54) is 4.90 Å². The molecule has 2 fully saturated rings. The molecule has 11 heavy (non-hydrogen) atoms. The second-order valence-corrected chi connectivity index (χ2v) is 3.11. The third kappa shape index (κ3) is 0.751. The van der Waals surface area contributed by atoms with E-state index in [0.717, 1.165) is 12.8 Å². The van der Waals surface area contributed by atoms with Crippen LogP contribution < -0.4 is 0 Å². The van der Waals surface area contributed by atoms with Crippen LogP contribution in [0.2, 0.25) is 0 Å². The zero-order valence-electron chi connectivity index (χ0n) is 5.99. The second kappa shape index (κ2) is 1.96. The Hall–Kier alpha value is -1.06. The van der Waals surface area contributed by atoms with Crippen LogP contribution >= 0.6 is 0 Å². The third-order valence-electron chi connectivity index (χ3n) is 2.54. The summed E-state index contributed by atoms with van der Waals surface area (Å²) in [4.78, 5) is 22.7. The van der Waals surface area contributed by atoms with Crippen LogP contribution in [-0.2, 0) is 9.59 Å². The van der Waals surface area contributed by atoms with Crippen LogP contribution in [0.4, 0.5) is 0 Å². The highest BCUT2D eigenvalue weighted by atomic mass is 16.4. The summed E-state index contributed by atoms with van der Waals surface area (Å²) >= 11 is 0. The molecule has 1 heterocycles. The predicted molar refractivity (Wildman–Crippen MR) is 35.9 cm³/mol. The van der Waals surface area contributed by atoms with E-state index in [2.05, 4.69) is 0 Å². The minimum Gasteiger partial charge on any atom is -0.480 e. The van der Waals surface area contributed by atoms with Gasteiger partial charge in [-0.1, -0.05) is 0 Å². The molecule has 0 radical (unpaired) electrons. The minimum atomic E-state index is -0.913. The average molecular weight is 155 g/mol. The van der Waals surface area contributed by atoms with Crippen LogP contribution in [0.1, 0.15) is 12.8 Å². The van der Waals surface area contributed by atoms with Gasteiger partial charge in [-0.15, -0.1) is 0 Å². The number of carbonyl (C=O) groups excluding carboxylic acids is 1. The quantitative estimate of drug-likeness (QED) is 0.556. The lowest BCUT2D eigenvalue weighted by Gasteiger charge is -2.53. The normalized spacial score (nSPS) is 33.8. The van der Waals surface area contributed by atoms with Crippen molar-refractivity contribution in [3.63, 3.8) is 0 Å². The van der Waals surface area contributed by atoms with Crippen molar-refractivity contribution in [1.29, 1.82) is 0 Å². The summed E-state index contributed by atoms with van der Waals surface area (Å²) in [6, 6.07) is 0.263. The molecule has 4 nitrogen and oxygen atoms in total. The molecule has 0 spiro atoms. The number of carboxylic acids is 1. The zero-order valence-corrected chi connectivity index (χ0v) is 5.99. The van der Waals surface area contributed by atoms with Gasteiger partial charge in [0.15, 0.2) is 0 Å². The minimum absolute atomic E-state index is 0.0312. The Kier molecular flexibility index (Phi) is 1.19. The van der Waals surface area contributed by atoms with Gasteiger partial charge < -0.3 is 10.0 Å². The molecular formula is C7H9NO3. The fraction of sp³-hybridized carbons (Fsp3) is 0.714. The molecule has 1 amide bonds. The maximum Gasteiger partial charge on any atom is 0.323 e. The number of piperidine rings is 1. The number of hydrogen-bond donors (Lipinski definition) is 1. The number of aliphatic carboxylic acids is 1. The van der Waals surface area contributed by atoms with Gasteiger partial charge in [0.1, 0.15) is 6.54 Å². The number of hydrogen-bond acceptors (Lipinski definition) is 2. The zero-order chi connectivity index (χ0) is 8.01. The first kappa shape index (κ1) is 6.64. The van der Waals surface area contributed by atoms with E-state index in [-0.39, 0.29) is 24.4 Å². The molecule has 0 aromatic carbocycles. The highest BCUT2D eigenvalue weighted by molar-refractivity contribution is 5.90. The number of β-lactam (4-membered cyclic amide) rings is 1.